The van der Waals surface area contributed by atoms with E-state index in [1.807, 2.05) is 79.7 Å². The molecule has 0 radical (unpaired) electrons. The molecule has 1 unspecified atom stereocenters. The third-order valence-corrected chi connectivity index (χ3v) is 4.72. The van der Waals surface area contributed by atoms with E-state index in [-0.39, 0.29) is 17.9 Å². The summed E-state index contributed by atoms with van der Waals surface area (Å²) in [6.45, 7) is 4.47. The SMILES string of the molecule is C=C[C@@H](c1ccccc1Br)C(C(=O)NCc1ccccc1)N(C)C. The van der Waals surface area contributed by atoms with E-state index >= 15 is 0 Å². The molecular formula is C20H23BrN2O. The Morgan fingerprint density at radius 3 is 2.38 bits per heavy atom. The van der Waals surface area contributed by atoms with Crippen molar-refractivity contribution in [2.24, 2.45) is 0 Å². The monoisotopic (exact) mass is 386 g/mol. The van der Waals surface area contributed by atoms with Gasteiger partial charge in [0.1, 0.15) is 0 Å². The van der Waals surface area contributed by atoms with E-state index in [0.29, 0.717) is 6.54 Å². The van der Waals surface area contributed by atoms with Crippen LogP contribution < -0.4 is 5.32 Å². The lowest BCUT2D eigenvalue weighted by Crippen LogP contribution is -2.46. The van der Waals surface area contributed by atoms with Gasteiger partial charge in [0.15, 0.2) is 0 Å². The van der Waals surface area contributed by atoms with Crippen molar-refractivity contribution < 1.29 is 4.79 Å². The van der Waals surface area contributed by atoms with Crippen molar-refractivity contribution in [3.63, 3.8) is 0 Å². The van der Waals surface area contributed by atoms with Crippen LogP contribution in [0, 0.1) is 0 Å². The van der Waals surface area contributed by atoms with Gasteiger partial charge < -0.3 is 5.32 Å². The third kappa shape index (κ3) is 4.56. The van der Waals surface area contributed by atoms with Crippen LogP contribution >= 0.6 is 15.9 Å². The number of rotatable bonds is 7. The number of nitrogens with one attached hydrogen (secondary N) is 1. The summed E-state index contributed by atoms with van der Waals surface area (Å²) in [5.41, 5.74) is 2.14. The van der Waals surface area contributed by atoms with Crippen LogP contribution in [0.15, 0.2) is 71.7 Å². The first kappa shape index (κ1) is 18.4. The lowest BCUT2D eigenvalue weighted by molar-refractivity contribution is -0.126. The summed E-state index contributed by atoms with van der Waals surface area (Å²) in [5.74, 6) is -0.115. The number of carbonyl (C=O) groups is 1. The highest BCUT2D eigenvalue weighted by atomic mass is 79.9. The minimum atomic E-state index is -0.329. The number of benzene rings is 2. The Kier molecular flexibility index (Phi) is 6.76. The fourth-order valence-electron chi connectivity index (χ4n) is 2.78. The molecule has 0 saturated heterocycles. The number of nitrogens with zero attached hydrogens (tertiary/aromatic N) is 1. The molecule has 3 nitrogen and oxygen atoms in total. The molecule has 0 spiro atoms. The Balaban J connectivity index is 2.19. The van der Waals surface area contributed by atoms with Crippen molar-refractivity contribution in [2.45, 2.75) is 18.5 Å². The summed E-state index contributed by atoms with van der Waals surface area (Å²) < 4.78 is 0.984. The molecule has 1 amide bonds. The van der Waals surface area contributed by atoms with E-state index in [1.54, 1.807) is 0 Å². The van der Waals surface area contributed by atoms with Crippen molar-refractivity contribution in [1.82, 2.24) is 10.2 Å². The normalized spacial score (nSPS) is 13.3. The molecule has 2 aromatic carbocycles. The van der Waals surface area contributed by atoms with Gasteiger partial charge in [0.05, 0.1) is 6.04 Å². The maximum Gasteiger partial charge on any atom is 0.238 e. The molecular weight excluding hydrogens is 364 g/mol. The minimum absolute atomic E-state index is 0.00972. The van der Waals surface area contributed by atoms with Crippen LogP contribution in [0.5, 0.6) is 0 Å². The number of amides is 1. The number of likely N-dealkylation sites (N-methyl/N-ethyl adjacent to an activating group) is 1. The topological polar surface area (TPSA) is 32.3 Å². The van der Waals surface area contributed by atoms with Crippen LogP contribution in [-0.4, -0.2) is 30.9 Å². The highest BCUT2D eigenvalue weighted by molar-refractivity contribution is 9.10. The lowest BCUT2D eigenvalue weighted by Gasteiger charge is -2.30. The predicted molar refractivity (Wildman–Crippen MR) is 103 cm³/mol. The average Bonchev–Trinajstić information content (AvgIpc) is 2.59. The van der Waals surface area contributed by atoms with Gasteiger partial charge in [-0.25, -0.2) is 0 Å². The summed E-state index contributed by atoms with van der Waals surface area (Å²) >= 11 is 3.58. The lowest BCUT2D eigenvalue weighted by atomic mass is 9.90. The second-order valence-corrected chi connectivity index (χ2v) is 6.75. The van der Waals surface area contributed by atoms with Crippen LogP contribution in [0.1, 0.15) is 17.0 Å². The van der Waals surface area contributed by atoms with Gasteiger partial charge in [-0.15, -0.1) is 6.58 Å². The van der Waals surface area contributed by atoms with Gasteiger partial charge >= 0.3 is 0 Å². The van der Waals surface area contributed by atoms with Gasteiger partial charge in [0.2, 0.25) is 5.91 Å². The predicted octanol–water partition coefficient (Wildman–Crippen LogP) is 3.97. The van der Waals surface area contributed by atoms with Crippen LogP contribution in [0.2, 0.25) is 0 Å². The van der Waals surface area contributed by atoms with E-state index in [4.69, 9.17) is 0 Å². The molecule has 2 atom stereocenters. The Morgan fingerprint density at radius 2 is 1.79 bits per heavy atom. The highest BCUT2D eigenvalue weighted by Crippen LogP contribution is 2.30. The molecule has 2 aromatic rings. The molecule has 0 aromatic heterocycles. The van der Waals surface area contributed by atoms with Crippen LogP contribution in [0.4, 0.5) is 0 Å². The van der Waals surface area contributed by atoms with Crippen molar-refractivity contribution >= 4 is 21.8 Å². The highest BCUT2D eigenvalue weighted by Gasteiger charge is 2.30. The van der Waals surface area contributed by atoms with E-state index in [9.17, 15) is 4.79 Å². The molecule has 0 bridgehead atoms. The van der Waals surface area contributed by atoms with E-state index in [0.717, 1.165) is 15.6 Å². The molecule has 0 aliphatic heterocycles. The van der Waals surface area contributed by atoms with Gasteiger partial charge in [-0.1, -0.05) is 70.5 Å². The van der Waals surface area contributed by atoms with Crippen molar-refractivity contribution in [3.05, 3.63) is 82.9 Å². The molecule has 2 rings (SSSR count). The Morgan fingerprint density at radius 1 is 1.17 bits per heavy atom. The maximum atomic E-state index is 12.8. The molecule has 0 fully saturated rings. The summed E-state index contributed by atoms with van der Waals surface area (Å²) in [6, 6.07) is 17.5. The zero-order valence-corrected chi connectivity index (χ0v) is 15.7. The number of halogens is 1. The fourth-order valence-corrected chi connectivity index (χ4v) is 3.33. The third-order valence-electron chi connectivity index (χ3n) is 3.99. The van der Waals surface area contributed by atoms with Crippen LogP contribution in [0.3, 0.4) is 0 Å². The first-order chi connectivity index (χ1) is 11.5. The summed E-state index contributed by atoms with van der Waals surface area (Å²) in [5, 5.41) is 3.04. The smallest absolute Gasteiger partial charge is 0.238 e. The Bertz CT molecular complexity index is 685. The molecule has 0 saturated carbocycles. The van der Waals surface area contributed by atoms with Crippen LogP contribution in [0.25, 0.3) is 0 Å². The van der Waals surface area contributed by atoms with E-state index < -0.39 is 0 Å². The zero-order chi connectivity index (χ0) is 17.5. The van der Waals surface area contributed by atoms with Gasteiger partial charge in [-0.05, 0) is 31.3 Å². The number of hydrogen-bond donors (Lipinski definition) is 1. The van der Waals surface area contributed by atoms with Gasteiger partial charge in [0, 0.05) is 16.9 Å². The van der Waals surface area contributed by atoms with Crippen molar-refractivity contribution in [2.75, 3.05) is 14.1 Å². The standard InChI is InChI=1S/C20H23BrN2O/c1-4-16(17-12-8-9-13-18(17)21)19(23(2)3)20(24)22-14-15-10-6-5-7-11-15/h4-13,16,19H,1,14H2,2-3H3,(H,22,24)/t16-,19?/m0/s1. The molecule has 0 aliphatic carbocycles. The average molecular weight is 387 g/mol. The van der Waals surface area contributed by atoms with Gasteiger partial charge in [0.25, 0.3) is 0 Å². The van der Waals surface area contributed by atoms with E-state index in [2.05, 4.69) is 27.8 Å². The minimum Gasteiger partial charge on any atom is -0.351 e. The maximum absolute atomic E-state index is 12.8. The molecule has 4 heteroatoms. The zero-order valence-electron chi connectivity index (χ0n) is 14.1. The Hall–Kier alpha value is -1.91. The molecule has 0 heterocycles. The first-order valence-corrected chi connectivity index (χ1v) is 8.69. The van der Waals surface area contributed by atoms with Crippen molar-refractivity contribution in [3.8, 4) is 0 Å². The second kappa shape index (κ2) is 8.81. The quantitative estimate of drug-likeness (QED) is 0.730. The largest absolute Gasteiger partial charge is 0.351 e. The molecule has 126 valence electrons. The Labute approximate surface area is 152 Å². The molecule has 24 heavy (non-hydrogen) atoms. The van der Waals surface area contributed by atoms with Crippen molar-refractivity contribution in [1.29, 1.82) is 0 Å². The summed E-state index contributed by atoms with van der Waals surface area (Å²) in [4.78, 5) is 14.8. The number of carbonyl (C=O) groups excluding carboxylic acids is 1. The summed E-state index contributed by atoms with van der Waals surface area (Å²) in [6.07, 6.45) is 1.84. The second-order valence-electron chi connectivity index (χ2n) is 5.89. The molecule has 1 N–H and O–H groups in total. The molecule has 0 aliphatic rings. The summed E-state index contributed by atoms with van der Waals surface area (Å²) in [7, 11) is 3.83. The van der Waals surface area contributed by atoms with Gasteiger partial charge in [-0.2, -0.15) is 0 Å². The fraction of sp³-hybridized carbons (Fsp3) is 0.250. The number of hydrogen-bond acceptors (Lipinski definition) is 2. The van der Waals surface area contributed by atoms with Crippen LogP contribution in [-0.2, 0) is 11.3 Å². The van der Waals surface area contributed by atoms with Gasteiger partial charge in [-0.3, -0.25) is 9.69 Å². The first-order valence-electron chi connectivity index (χ1n) is 7.89. The van der Waals surface area contributed by atoms with E-state index in [1.165, 1.54) is 0 Å².